The lowest BCUT2D eigenvalue weighted by molar-refractivity contribution is -0.139. The normalized spacial score (nSPS) is 22.4. The fourth-order valence-corrected chi connectivity index (χ4v) is 4.53. The zero-order valence-corrected chi connectivity index (χ0v) is 17.0. The minimum Gasteiger partial charge on any atom is -0.354 e. The first-order valence-electron chi connectivity index (χ1n) is 10.4. The summed E-state index contributed by atoms with van der Waals surface area (Å²) in [7, 11) is 4.19. The van der Waals surface area contributed by atoms with Gasteiger partial charge in [0.25, 0.3) is 0 Å². The van der Waals surface area contributed by atoms with Gasteiger partial charge in [-0.15, -0.1) is 0 Å². The summed E-state index contributed by atoms with van der Waals surface area (Å²) >= 11 is 0. The molecule has 3 rings (SSSR count). The zero-order valence-electron chi connectivity index (χ0n) is 17.0. The molecule has 5 nitrogen and oxygen atoms in total. The van der Waals surface area contributed by atoms with Crippen molar-refractivity contribution in [2.45, 2.75) is 57.0 Å². The average Bonchev–Trinajstić information content (AvgIpc) is 2.68. The second kappa shape index (κ2) is 9.03. The van der Waals surface area contributed by atoms with Crippen LogP contribution in [0.25, 0.3) is 0 Å². The molecule has 1 aliphatic carbocycles. The lowest BCUT2D eigenvalue weighted by atomic mass is 9.80. The van der Waals surface area contributed by atoms with Crippen LogP contribution >= 0.6 is 0 Å². The number of amides is 2. The van der Waals surface area contributed by atoms with Gasteiger partial charge >= 0.3 is 0 Å². The van der Waals surface area contributed by atoms with E-state index in [1.807, 2.05) is 6.07 Å². The van der Waals surface area contributed by atoms with Crippen molar-refractivity contribution >= 4 is 11.8 Å². The summed E-state index contributed by atoms with van der Waals surface area (Å²) in [5.74, 6) is -0.444. The summed E-state index contributed by atoms with van der Waals surface area (Å²) in [4.78, 5) is 29.1. The molecule has 154 valence electrons. The van der Waals surface area contributed by atoms with Gasteiger partial charge in [0.15, 0.2) is 0 Å². The van der Waals surface area contributed by atoms with Crippen molar-refractivity contribution in [1.29, 1.82) is 0 Å². The summed E-state index contributed by atoms with van der Waals surface area (Å²) < 4.78 is 13.4. The van der Waals surface area contributed by atoms with Crippen molar-refractivity contribution < 1.29 is 14.0 Å². The Labute approximate surface area is 167 Å². The maximum Gasteiger partial charge on any atom is 0.224 e. The highest BCUT2D eigenvalue weighted by atomic mass is 19.1. The number of halogens is 1. The lowest BCUT2D eigenvalue weighted by Gasteiger charge is -2.43. The molecular weight excluding hydrogens is 357 g/mol. The molecule has 0 radical (unpaired) electrons. The van der Waals surface area contributed by atoms with Crippen LogP contribution in [0.2, 0.25) is 0 Å². The SMILES string of the molecule is CN(C)C1(CNC(=O)C2CCC(=O)N(Cc3cccc(F)c3)C2)CCCCC1. The van der Waals surface area contributed by atoms with E-state index in [0.29, 0.717) is 32.5 Å². The minimum absolute atomic E-state index is 0.0311. The molecule has 1 heterocycles. The van der Waals surface area contributed by atoms with E-state index < -0.39 is 0 Å². The van der Waals surface area contributed by atoms with Crippen LogP contribution in [-0.4, -0.2) is 54.3 Å². The number of carbonyl (C=O) groups excluding carboxylic acids is 2. The van der Waals surface area contributed by atoms with Gasteiger partial charge in [0.05, 0.1) is 5.92 Å². The van der Waals surface area contributed by atoms with Gasteiger partial charge in [-0.3, -0.25) is 9.59 Å². The number of likely N-dealkylation sites (N-methyl/N-ethyl adjacent to an activating group) is 1. The standard InChI is InChI=1S/C22H32FN3O2/c1-25(2)22(11-4-3-5-12-22)16-24-21(28)18-9-10-20(27)26(15-18)14-17-7-6-8-19(23)13-17/h6-8,13,18H,3-5,9-12,14-16H2,1-2H3,(H,24,28). The van der Waals surface area contributed by atoms with Crippen molar-refractivity contribution in [3.63, 3.8) is 0 Å². The van der Waals surface area contributed by atoms with E-state index in [4.69, 9.17) is 0 Å². The van der Waals surface area contributed by atoms with Crippen molar-refractivity contribution in [1.82, 2.24) is 15.1 Å². The van der Waals surface area contributed by atoms with E-state index in [-0.39, 0.29) is 29.1 Å². The lowest BCUT2D eigenvalue weighted by Crippen LogP contribution is -2.55. The predicted molar refractivity (Wildman–Crippen MR) is 107 cm³/mol. The van der Waals surface area contributed by atoms with Crippen LogP contribution in [0.4, 0.5) is 4.39 Å². The number of piperidine rings is 1. The molecule has 2 fully saturated rings. The van der Waals surface area contributed by atoms with Gasteiger partial charge in [-0.1, -0.05) is 31.4 Å². The van der Waals surface area contributed by atoms with E-state index in [1.54, 1.807) is 11.0 Å². The largest absolute Gasteiger partial charge is 0.354 e. The molecule has 28 heavy (non-hydrogen) atoms. The molecule has 6 heteroatoms. The Kier molecular flexibility index (Phi) is 6.70. The number of carbonyl (C=O) groups is 2. The number of likely N-dealkylation sites (tertiary alicyclic amines) is 1. The Morgan fingerprint density at radius 3 is 2.71 bits per heavy atom. The van der Waals surface area contributed by atoms with Gasteiger partial charge in [-0.2, -0.15) is 0 Å². The van der Waals surface area contributed by atoms with Crippen LogP contribution < -0.4 is 5.32 Å². The summed E-state index contributed by atoms with van der Waals surface area (Å²) in [6.45, 7) is 1.41. The predicted octanol–water partition coefficient (Wildman–Crippen LogP) is 2.95. The van der Waals surface area contributed by atoms with Crippen molar-refractivity contribution in [2.24, 2.45) is 5.92 Å². The van der Waals surface area contributed by atoms with Gasteiger partial charge in [0.2, 0.25) is 11.8 Å². The quantitative estimate of drug-likeness (QED) is 0.814. The average molecular weight is 390 g/mol. The van der Waals surface area contributed by atoms with Crippen molar-refractivity contribution in [2.75, 3.05) is 27.2 Å². The van der Waals surface area contributed by atoms with Crippen LogP contribution in [0.1, 0.15) is 50.5 Å². The smallest absolute Gasteiger partial charge is 0.224 e. The number of nitrogens with one attached hydrogen (secondary N) is 1. The van der Waals surface area contributed by atoms with E-state index in [2.05, 4.69) is 24.3 Å². The molecule has 2 amide bonds. The van der Waals surface area contributed by atoms with E-state index in [0.717, 1.165) is 18.4 Å². The maximum absolute atomic E-state index is 13.4. The van der Waals surface area contributed by atoms with Crippen LogP contribution in [0.15, 0.2) is 24.3 Å². The second-order valence-corrected chi connectivity index (χ2v) is 8.54. The fraction of sp³-hybridized carbons (Fsp3) is 0.636. The van der Waals surface area contributed by atoms with Crippen molar-refractivity contribution in [3.05, 3.63) is 35.6 Å². The molecule has 0 bridgehead atoms. The topological polar surface area (TPSA) is 52.7 Å². The summed E-state index contributed by atoms with van der Waals surface area (Å²) in [6, 6.07) is 6.29. The molecule has 2 aliphatic rings. The number of hydrogen-bond donors (Lipinski definition) is 1. The first-order chi connectivity index (χ1) is 13.4. The molecule has 0 aromatic heterocycles. The highest BCUT2D eigenvalue weighted by molar-refractivity contribution is 5.83. The van der Waals surface area contributed by atoms with Gasteiger partial charge in [0, 0.05) is 31.6 Å². The van der Waals surface area contributed by atoms with Gasteiger partial charge in [-0.25, -0.2) is 4.39 Å². The monoisotopic (exact) mass is 389 g/mol. The Balaban J connectivity index is 1.58. The highest BCUT2D eigenvalue weighted by Gasteiger charge is 2.36. The summed E-state index contributed by atoms with van der Waals surface area (Å²) in [5, 5.41) is 3.17. The molecule has 1 saturated carbocycles. The number of benzene rings is 1. The molecule has 1 aliphatic heterocycles. The third-order valence-electron chi connectivity index (χ3n) is 6.46. The van der Waals surface area contributed by atoms with Crippen LogP contribution in [0, 0.1) is 11.7 Å². The third kappa shape index (κ3) is 4.90. The zero-order chi connectivity index (χ0) is 20.1. The molecule has 1 atom stereocenters. The Hall–Kier alpha value is -1.95. The number of nitrogens with zero attached hydrogens (tertiary/aromatic N) is 2. The second-order valence-electron chi connectivity index (χ2n) is 8.54. The van der Waals surface area contributed by atoms with Gasteiger partial charge in [0.1, 0.15) is 5.82 Å². The number of hydrogen-bond acceptors (Lipinski definition) is 3. The fourth-order valence-electron chi connectivity index (χ4n) is 4.53. The van der Waals surface area contributed by atoms with Gasteiger partial charge < -0.3 is 15.1 Å². The molecule has 1 aromatic rings. The number of rotatable bonds is 6. The molecule has 1 aromatic carbocycles. The van der Waals surface area contributed by atoms with Gasteiger partial charge in [-0.05, 0) is 51.1 Å². The Bertz CT molecular complexity index is 701. The first-order valence-corrected chi connectivity index (χ1v) is 10.4. The molecule has 1 N–H and O–H groups in total. The molecule has 0 spiro atoms. The summed E-state index contributed by atoms with van der Waals surface area (Å²) in [6.07, 6.45) is 6.83. The van der Waals surface area contributed by atoms with E-state index >= 15 is 0 Å². The van der Waals surface area contributed by atoms with Crippen LogP contribution in [0.5, 0.6) is 0 Å². The molecule has 1 unspecified atom stereocenters. The molecular formula is C22H32FN3O2. The van der Waals surface area contributed by atoms with Crippen LogP contribution in [0.3, 0.4) is 0 Å². The van der Waals surface area contributed by atoms with Crippen molar-refractivity contribution in [3.8, 4) is 0 Å². The molecule has 1 saturated heterocycles. The summed E-state index contributed by atoms with van der Waals surface area (Å²) in [5.41, 5.74) is 0.794. The third-order valence-corrected chi connectivity index (χ3v) is 6.46. The highest BCUT2D eigenvalue weighted by Crippen LogP contribution is 2.32. The Morgan fingerprint density at radius 2 is 2.04 bits per heavy atom. The van der Waals surface area contributed by atoms with E-state index in [1.165, 1.54) is 31.4 Å². The Morgan fingerprint density at radius 1 is 1.29 bits per heavy atom. The maximum atomic E-state index is 13.4. The first kappa shape index (κ1) is 20.8. The van der Waals surface area contributed by atoms with E-state index in [9.17, 15) is 14.0 Å². The minimum atomic E-state index is -0.308. The van der Waals surface area contributed by atoms with Crippen LogP contribution in [-0.2, 0) is 16.1 Å².